The molecule has 2 aromatic carbocycles. The molecule has 1 heterocycles. The zero-order valence-corrected chi connectivity index (χ0v) is 16.1. The van der Waals surface area contributed by atoms with Gasteiger partial charge in [-0.3, -0.25) is 9.59 Å². The summed E-state index contributed by atoms with van der Waals surface area (Å²) in [6.45, 7) is 3.85. The third-order valence-corrected chi connectivity index (χ3v) is 4.77. The Morgan fingerprint density at radius 3 is 2.30 bits per heavy atom. The Bertz CT molecular complexity index is 826. The minimum absolute atomic E-state index is 0.123. The van der Waals surface area contributed by atoms with Crippen LogP contribution in [0.3, 0.4) is 0 Å². The molecule has 0 saturated carbocycles. The second-order valence-corrected chi connectivity index (χ2v) is 7.04. The number of anilines is 2. The van der Waals surface area contributed by atoms with E-state index in [4.69, 9.17) is 0 Å². The van der Waals surface area contributed by atoms with E-state index in [0.717, 1.165) is 37.6 Å². The predicted octanol–water partition coefficient (Wildman–Crippen LogP) is 2.39. The molecule has 1 fully saturated rings. The van der Waals surface area contributed by atoms with E-state index in [1.165, 1.54) is 4.90 Å². The van der Waals surface area contributed by atoms with E-state index in [0.29, 0.717) is 11.1 Å². The van der Waals surface area contributed by atoms with Gasteiger partial charge in [-0.1, -0.05) is 18.2 Å². The molecule has 6 heteroatoms. The molecule has 3 rings (SSSR count). The van der Waals surface area contributed by atoms with Gasteiger partial charge in [0.1, 0.15) is 0 Å². The Balaban J connectivity index is 1.79. The van der Waals surface area contributed by atoms with Crippen LogP contribution in [0.5, 0.6) is 0 Å². The molecule has 0 bridgehead atoms. The zero-order valence-electron chi connectivity index (χ0n) is 16.1. The number of rotatable bonds is 4. The number of carbonyl (C=O) groups excluding carboxylic acids is 2. The molecule has 1 N–H and O–H groups in total. The van der Waals surface area contributed by atoms with Crippen LogP contribution in [0.2, 0.25) is 0 Å². The number of nitrogens with zero attached hydrogens (tertiary/aromatic N) is 3. The van der Waals surface area contributed by atoms with Crippen molar-refractivity contribution in [1.82, 2.24) is 9.80 Å². The van der Waals surface area contributed by atoms with E-state index < -0.39 is 0 Å². The third kappa shape index (κ3) is 4.46. The summed E-state index contributed by atoms with van der Waals surface area (Å²) < 4.78 is 0. The highest BCUT2D eigenvalue weighted by molar-refractivity contribution is 6.07. The summed E-state index contributed by atoms with van der Waals surface area (Å²) in [7, 11) is 5.51. The van der Waals surface area contributed by atoms with Crippen molar-refractivity contribution in [2.45, 2.75) is 0 Å². The van der Waals surface area contributed by atoms with Crippen molar-refractivity contribution in [2.75, 3.05) is 57.5 Å². The number of nitrogens with one attached hydrogen (secondary N) is 1. The first-order valence-corrected chi connectivity index (χ1v) is 9.11. The maximum atomic E-state index is 12.8. The minimum atomic E-state index is -0.218. The smallest absolute Gasteiger partial charge is 0.255 e. The summed E-state index contributed by atoms with van der Waals surface area (Å²) in [5.41, 5.74) is 2.78. The number of piperazine rings is 1. The number of para-hydroxylation sites is 2. The van der Waals surface area contributed by atoms with Crippen molar-refractivity contribution in [2.24, 2.45) is 0 Å². The quantitative estimate of drug-likeness (QED) is 0.903. The van der Waals surface area contributed by atoms with Crippen molar-refractivity contribution in [3.05, 3.63) is 59.7 Å². The van der Waals surface area contributed by atoms with Gasteiger partial charge in [0.15, 0.2) is 0 Å². The van der Waals surface area contributed by atoms with Gasteiger partial charge in [0.25, 0.3) is 11.8 Å². The van der Waals surface area contributed by atoms with Crippen LogP contribution < -0.4 is 10.2 Å². The summed E-state index contributed by atoms with van der Waals surface area (Å²) in [5, 5.41) is 3.01. The molecule has 0 aromatic heterocycles. The maximum absolute atomic E-state index is 12.8. The Labute approximate surface area is 160 Å². The van der Waals surface area contributed by atoms with Crippen LogP contribution in [0, 0.1) is 0 Å². The first-order chi connectivity index (χ1) is 13.0. The zero-order chi connectivity index (χ0) is 19.4. The minimum Gasteiger partial charge on any atom is -0.367 e. The molecule has 2 amide bonds. The van der Waals surface area contributed by atoms with Gasteiger partial charge in [0, 0.05) is 51.4 Å². The monoisotopic (exact) mass is 366 g/mol. The normalized spacial score (nSPS) is 14.7. The molecule has 142 valence electrons. The van der Waals surface area contributed by atoms with E-state index >= 15 is 0 Å². The van der Waals surface area contributed by atoms with Gasteiger partial charge in [-0.15, -0.1) is 0 Å². The number of benzene rings is 2. The molecule has 0 atom stereocenters. The summed E-state index contributed by atoms with van der Waals surface area (Å²) in [4.78, 5) is 31.0. The van der Waals surface area contributed by atoms with Crippen LogP contribution in [0.25, 0.3) is 0 Å². The van der Waals surface area contributed by atoms with Crippen LogP contribution in [-0.2, 0) is 0 Å². The van der Waals surface area contributed by atoms with E-state index in [2.05, 4.69) is 22.2 Å². The molecule has 0 radical (unpaired) electrons. The number of likely N-dealkylation sites (N-methyl/N-ethyl adjacent to an activating group) is 1. The van der Waals surface area contributed by atoms with E-state index in [1.54, 1.807) is 38.4 Å². The van der Waals surface area contributed by atoms with Gasteiger partial charge in [-0.25, -0.2) is 0 Å². The average molecular weight is 366 g/mol. The molecule has 2 aromatic rings. The predicted molar refractivity (Wildman–Crippen MR) is 109 cm³/mol. The summed E-state index contributed by atoms with van der Waals surface area (Å²) in [6.07, 6.45) is 0. The first-order valence-electron chi connectivity index (χ1n) is 9.11. The number of hydrogen-bond acceptors (Lipinski definition) is 4. The van der Waals surface area contributed by atoms with Gasteiger partial charge >= 0.3 is 0 Å². The van der Waals surface area contributed by atoms with Gasteiger partial charge in [-0.05, 0) is 37.4 Å². The van der Waals surface area contributed by atoms with E-state index in [1.807, 2.05) is 24.3 Å². The van der Waals surface area contributed by atoms with Crippen molar-refractivity contribution >= 4 is 23.2 Å². The lowest BCUT2D eigenvalue weighted by Crippen LogP contribution is -2.44. The van der Waals surface area contributed by atoms with Gasteiger partial charge in [-0.2, -0.15) is 0 Å². The van der Waals surface area contributed by atoms with Crippen molar-refractivity contribution in [3.8, 4) is 0 Å². The molecule has 1 aliphatic heterocycles. The van der Waals surface area contributed by atoms with Crippen molar-refractivity contribution in [3.63, 3.8) is 0 Å². The van der Waals surface area contributed by atoms with Gasteiger partial charge in [0.2, 0.25) is 0 Å². The molecule has 0 aliphatic carbocycles. The molecule has 6 nitrogen and oxygen atoms in total. The van der Waals surface area contributed by atoms with Gasteiger partial charge < -0.3 is 20.0 Å². The lowest BCUT2D eigenvalue weighted by molar-refractivity contribution is 0.0827. The fraction of sp³-hybridized carbons (Fsp3) is 0.333. The van der Waals surface area contributed by atoms with Crippen LogP contribution >= 0.6 is 0 Å². The Kier molecular flexibility index (Phi) is 5.76. The average Bonchev–Trinajstić information content (AvgIpc) is 2.68. The summed E-state index contributed by atoms with van der Waals surface area (Å²) >= 11 is 0. The largest absolute Gasteiger partial charge is 0.367 e. The number of hydrogen-bond donors (Lipinski definition) is 1. The molecule has 0 unspecified atom stereocenters. The fourth-order valence-corrected chi connectivity index (χ4v) is 3.15. The summed E-state index contributed by atoms with van der Waals surface area (Å²) in [6, 6.07) is 14.7. The Morgan fingerprint density at radius 1 is 0.926 bits per heavy atom. The van der Waals surface area contributed by atoms with Gasteiger partial charge in [0.05, 0.1) is 11.4 Å². The summed E-state index contributed by atoms with van der Waals surface area (Å²) in [5.74, 6) is -0.340. The molecule has 27 heavy (non-hydrogen) atoms. The first kappa shape index (κ1) is 18.9. The number of carbonyl (C=O) groups is 2. The van der Waals surface area contributed by atoms with Crippen molar-refractivity contribution in [1.29, 1.82) is 0 Å². The Hall–Kier alpha value is -2.86. The maximum Gasteiger partial charge on any atom is 0.255 e. The highest BCUT2D eigenvalue weighted by Crippen LogP contribution is 2.27. The molecular formula is C21H26N4O2. The van der Waals surface area contributed by atoms with Crippen molar-refractivity contribution < 1.29 is 9.59 Å². The molecular weight excluding hydrogens is 340 g/mol. The second-order valence-electron chi connectivity index (χ2n) is 7.04. The van der Waals surface area contributed by atoms with Crippen LogP contribution in [0.15, 0.2) is 48.5 Å². The third-order valence-electron chi connectivity index (χ3n) is 4.77. The highest BCUT2D eigenvalue weighted by atomic mass is 16.2. The fourth-order valence-electron chi connectivity index (χ4n) is 3.15. The second kappa shape index (κ2) is 8.22. The van der Waals surface area contributed by atoms with E-state index in [9.17, 15) is 9.59 Å². The SMILES string of the molecule is CN1CCN(c2ccccc2NC(=O)c2cccc(C(=O)N(C)C)c2)CC1. The van der Waals surface area contributed by atoms with Crippen LogP contribution in [-0.4, -0.2) is 68.9 Å². The topological polar surface area (TPSA) is 55.9 Å². The lowest BCUT2D eigenvalue weighted by atomic mass is 10.1. The molecule has 0 spiro atoms. The standard InChI is InChI=1S/C21H26N4O2/c1-23(2)21(27)17-8-6-7-16(15-17)20(26)22-18-9-4-5-10-19(18)25-13-11-24(3)12-14-25/h4-10,15H,11-14H2,1-3H3,(H,22,26). The van der Waals surface area contributed by atoms with Crippen LogP contribution in [0.1, 0.15) is 20.7 Å². The molecule has 1 saturated heterocycles. The molecule has 1 aliphatic rings. The Morgan fingerprint density at radius 2 is 1.59 bits per heavy atom. The lowest BCUT2D eigenvalue weighted by Gasteiger charge is -2.35. The van der Waals surface area contributed by atoms with Crippen LogP contribution in [0.4, 0.5) is 11.4 Å². The highest BCUT2D eigenvalue weighted by Gasteiger charge is 2.18. The van der Waals surface area contributed by atoms with E-state index in [-0.39, 0.29) is 11.8 Å². The number of amides is 2.